The molecule has 0 saturated carbocycles. The second-order valence-electron chi connectivity index (χ2n) is 6.00. The smallest absolute Gasteiger partial charge is 0.223 e. The molecule has 0 N–H and O–H groups in total. The Kier molecular flexibility index (Phi) is 5.04. The molecule has 1 aliphatic rings. The molecule has 21 heavy (non-hydrogen) atoms. The lowest BCUT2D eigenvalue weighted by Gasteiger charge is -2.37. The van der Waals surface area contributed by atoms with Gasteiger partial charge < -0.3 is 4.90 Å². The van der Waals surface area contributed by atoms with Crippen molar-refractivity contribution in [2.24, 2.45) is 5.92 Å². The number of benzene rings is 1. The summed E-state index contributed by atoms with van der Waals surface area (Å²) in [5.74, 6) is 0.769. The first-order valence-corrected chi connectivity index (χ1v) is 9.43. The molecule has 1 amide bonds. The topological polar surface area (TPSA) is 54.5 Å². The number of hydrogen-bond acceptors (Lipinski definition) is 3. The SMILES string of the molecule is C[C@H]1CN(C(=O)CCS(C)(=O)=O)CC[C@@H]1c1ccccc1. The molecule has 4 nitrogen and oxygen atoms in total. The molecule has 1 aromatic carbocycles. The number of carbonyl (C=O) groups is 1. The van der Waals surface area contributed by atoms with E-state index in [1.807, 2.05) is 23.1 Å². The van der Waals surface area contributed by atoms with Gasteiger partial charge in [0.05, 0.1) is 5.75 Å². The molecule has 1 saturated heterocycles. The lowest BCUT2D eigenvalue weighted by Crippen LogP contribution is -2.42. The van der Waals surface area contributed by atoms with Crippen molar-refractivity contribution in [1.29, 1.82) is 0 Å². The van der Waals surface area contributed by atoms with Crippen LogP contribution in [0.4, 0.5) is 0 Å². The maximum absolute atomic E-state index is 12.1. The first-order valence-electron chi connectivity index (χ1n) is 7.37. The monoisotopic (exact) mass is 309 g/mol. The number of hydrogen-bond donors (Lipinski definition) is 0. The van der Waals surface area contributed by atoms with Gasteiger partial charge in [-0.15, -0.1) is 0 Å². The molecule has 5 heteroatoms. The summed E-state index contributed by atoms with van der Waals surface area (Å²) < 4.78 is 22.3. The normalized spacial score (nSPS) is 23.0. The fourth-order valence-electron chi connectivity index (χ4n) is 3.00. The zero-order chi connectivity index (χ0) is 15.5. The molecule has 1 aromatic rings. The minimum atomic E-state index is -3.07. The average Bonchev–Trinajstić information content (AvgIpc) is 2.45. The van der Waals surface area contributed by atoms with Crippen molar-refractivity contribution in [1.82, 2.24) is 4.90 Å². The highest BCUT2D eigenvalue weighted by Gasteiger charge is 2.29. The molecular weight excluding hydrogens is 286 g/mol. The van der Waals surface area contributed by atoms with Crippen LogP contribution in [0.25, 0.3) is 0 Å². The molecule has 1 fully saturated rings. The van der Waals surface area contributed by atoms with E-state index in [9.17, 15) is 13.2 Å². The minimum Gasteiger partial charge on any atom is -0.342 e. The molecule has 0 radical (unpaired) electrons. The summed E-state index contributed by atoms with van der Waals surface area (Å²) in [5.41, 5.74) is 1.33. The van der Waals surface area contributed by atoms with Gasteiger partial charge in [0.15, 0.2) is 0 Å². The lowest BCUT2D eigenvalue weighted by molar-refractivity contribution is -0.132. The van der Waals surface area contributed by atoms with Crippen molar-refractivity contribution in [3.63, 3.8) is 0 Å². The van der Waals surface area contributed by atoms with E-state index in [2.05, 4.69) is 19.1 Å². The molecule has 2 atom stereocenters. The summed E-state index contributed by atoms with van der Waals surface area (Å²) in [6.45, 7) is 3.59. The van der Waals surface area contributed by atoms with Crippen LogP contribution in [0.2, 0.25) is 0 Å². The summed E-state index contributed by atoms with van der Waals surface area (Å²) in [7, 11) is -3.07. The van der Waals surface area contributed by atoms with E-state index in [-0.39, 0.29) is 18.1 Å². The van der Waals surface area contributed by atoms with Gasteiger partial charge in [-0.25, -0.2) is 8.42 Å². The van der Waals surface area contributed by atoms with Crippen molar-refractivity contribution in [2.45, 2.75) is 25.7 Å². The van der Waals surface area contributed by atoms with Crippen LogP contribution in [0.5, 0.6) is 0 Å². The number of carbonyl (C=O) groups excluding carboxylic acids is 1. The highest BCUT2D eigenvalue weighted by atomic mass is 32.2. The Hall–Kier alpha value is -1.36. The van der Waals surface area contributed by atoms with Crippen molar-refractivity contribution in [3.8, 4) is 0 Å². The number of piperidine rings is 1. The maximum atomic E-state index is 12.1. The van der Waals surface area contributed by atoms with Crippen LogP contribution >= 0.6 is 0 Å². The first kappa shape index (κ1) is 16.0. The fourth-order valence-corrected chi connectivity index (χ4v) is 3.54. The van der Waals surface area contributed by atoms with Crippen LogP contribution in [0.3, 0.4) is 0 Å². The largest absolute Gasteiger partial charge is 0.342 e. The third kappa shape index (κ3) is 4.56. The van der Waals surface area contributed by atoms with E-state index >= 15 is 0 Å². The third-order valence-electron chi connectivity index (χ3n) is 4.17. The van der Waals surface area contributed by atoms with Crippen molar-refractivity contribution in [3.05, 3.63) is 35.9 Å². The highest BCUT2D eigenvalue weighted by Crippen LogP contribution is 2.32. The summed E-state index contributed by atoms with van der Waals surface area (Å²) >= 11 is 0. The average molecular weight is 309 g/mol. The Labute approximate surface area is 127 Å². The Balaban J connectivity index is 1.93. The van der Waals surface area contributed by atoms with E-state index in [4.69, 9.17) is 0 Å². The standard InChI is InChI=1S/C16H23NO3S/c1-13-12-17(16(18)9-11-21(2,19)20)10-8-15(13)14-6-4-3-5-7-14/h3-7,13,15H,8-12H2,1-2H3/t13-,15-/m0/s1. The van der Waals surface area contributed by atoms with E-state index in [0.717, 1.165) is 6.42 Å². The summed E-state index contributed by atoms with van der Waals surface area (Å²) in [6.07, 6.45) is 2.21. The predicted molar refractivity (Wildman–Crippen MR) is 83.9 cm³/mol. The Morgan fingerprint density at radius 1 is 1.29 bits per heavy atom. The van der Waals surface area contributed by atoms with Gasteiger partial charge in [-0.05, 0) is 23.8 Å². The summed E-state index contributed by atoms with van der Waals surface area (Å²) in [6, 6.07) is 10.4. The van der Waals surface area contributed by atoms with Crippen molar-refractivity contribution < 1.29 is 13.2 Å². The van der Waals surface area contributed by atoms with E-state index in [1.165, 1.54) is 11.8 Å². The number of sulfone groups is 1. The molecule has 0 spiro atoms. The second kappa shape index (κ2) is 6.60. The molecule has 2 rings (SSSR count). The molecule has 1 heterocycles. The predicted octanol–water partition coefficient (Wildman–Crippen LogP) is 2.07. The van der Waals surface area contributed by atoms with Crippen LogP contribution in [0.15, 0.2) is 30.3 Å². The second-order valence-corrected chi connectivity index (χ2v) is 8.26. The van der Waals surface area contributed by atoms with Crippen LogP contribution in [0.1, 0.15) is 31.2 Å². The van der Waals surface area contributed by atoms with Crippen molar-refractivity contribution >= 4 is 15.7 Å². The molecule has 116 valence electrons. The van der Waals surface area contributed by atoms with Gasteiger partial charge in [0.2, 0.25) is 5.91 Å². The molecule has 0 aliphatic carbocycles. The van der Waals surface area contributed by atoms with E-state index < -0.39 is 9.84 Å². The highest BCUT2D eigenvalue weighted by molar-refractivity contribution is 7.90. The van der Waals surface area contributed by atoms with Gasteiger partial charge in [0.25, 0.3) is 0 Å². The Morgan fingerprint density at radius 3 is 2.52 bits per heavy atom. The zero-order valence-corrected chi connectivity index (χ0v) is 13.5. The number of rotatable bonds is 4. The quantitative estimate of drug-likeness (QED) is 0.855. The van der Waals surface area contributed by atoms with Gasteiger partial charge in [-0.2, -0.15) is 0 Å². The van der Waals surface area contributed by atoms with Gasteiger partial charge >= 0.3 is 0 Å². The first-order chi connectivity index (χ1) is 9.87. The van der Waals surface area contributed by atoms with Gasteiger partial charge in [0, 0.05) is 25.8 Å². The maximum Gasteiger partial charge on any atom is 0.223 e. The van der Waals surface area contributed by atoms with Crippen LogP contribution in [-0.2, 0) is 14.6 Å². The summed E-state index contributed by atoms with van der Waals surface area (Å²) in [5, 5.41) is 0. The van der Waals surface area contributed by atoms with Crippen molar-refractivity contribution in [2.75, 3.05) is 25.1 Å². The third-order valence-corrected chi connectivity index (χ3v) is 5.12. The van der Waals surface area contributed by atoms with Gasteiger partial charge in [-0.1, -0.05) is 37.3 Å². The molecule has 1 aliphatic heterocycles. The molecule has 0 unspecified atom stereocenters. The van der Waals surface area contributed by atoms with Gasteiger partial charge in [0.1, 0.15) is 9.84 Å². The zero-order valence-electron chi connectivity index (χ0n) is 12.7. The summed E-state index contributed by atoms with van der Waals surface area (Å²) in [4.78, 5) is 13.9. The van der Waals surface area contributed by atoms with E-state index in [1.54, 1.807) is 0 Å². The minimum absolute atomic E-state index is 0.0428. The van der Waals surface area contributed by atoms with Crippen LogP contribution in [-0.4, -0.2) is 44.3 Å². The van der Waals surface area contributed by atoms with Crippen LogP contribution < -0.4 is 0 Å². The molecular formula is C16H23NO3S. The fraction of sp³-hybridized carbons (Fsp3) is 0.562. The Morgan fingerprint density at radius 2 is 1.95 bits per heavy atom. The van der Waals surface area contributed by atoms with Crippen LogP contribution in [0, 0.1) is 5.92 Å². The lowest BCUT2D eigenvalue weighted by atomic mass is 9.81. The Bertz CT molecular complexity index is 583. The van der Waals surface area contributed by atoms with E-state index in [0.29, 0.717) is 24.9 Å². The van der Waals surface area contributed by atoms with Gasteiger partial charge in [-0.3, -0.25) is 4.79 Å². The number of nitrogens with zero attached hydrogens (tertiary/aromatic N) is 1. The molecule has 0 bridgehead atoms. The molecule has 0 aromatic heterocycles. The number of likely N-dealkylation sites (tertiary alicyclic amines) is 1. The number of amides is 1.